The van der Waals surface area contributed by atoms with E-state index < -0.39 is 0 Å². The minimum absolute atomic E-state index is 0.568. The summed E-state index contributed by atoms with van der Waals surface area (Å²) in [5, 5.41) is 9.42. The molecular formula is C17H16ClNO2. The second kappa shape index (κ2) is 7.56. The molecule has 0 spiro atoms. The normalized spacial score (nSPS) is 9.95. The molecule has 2 aromatic rings. The van der Waals surface area contributed by atoms with Crippen molar-refractivity contribution < 1.29 is 9.47 Å². The van der Waals surface area contributed by atoms with Crippen LogP contribution in [0.4, 0.5) is 0 Å². The van der Waals surface area contributed by atoms with Crippen molar-refractivity contribution in [1.29, 1.82) is 5.26 Å². The van der Waals surface area contributed by atoms with Gasteiger partial charge < -0.3 is 9.47 Å². The molecule has 4 heteroatoms. The molecule has 0 aliphatic rings. The number of nitrogens with zero attached hydrogens (tertiary/aromatic N) is 1. The molecule has 0 radical (unpaired) electrons. The van der Waals surface area contributed by atoms with Gasteiger partial charge in [-0.3, -0.25) is 0 Å². The highest BCUT2D eigenvalue weighted by Crippen LogP contribution is 2.21. The molecule has 21 heavy (non-hydrogen) atoms. The fraction of sp³-hybridized carbons (Fsp3) is 0.235. The van der Waals surface area contributed by atoms with Crippen LogP contribution in [0.15, 0.2) is 42.5 Å². The largest absolute Gasteiger partial charge is 0.493 e. The number of hydrogen-bond donors (Lipinski definition) is 0. The quantitative estimate of drug-likeness (QED) is 0.744. The van der Waals surface area contributed by atoms with E-state index in [2.05, 4.69) is 6.07 Å². The van der Waals surface area contributed by atoms with Gasteiger partial charge in [-0.15, -0.1) is 0 Å². The molecule has 0 fully saturated rings. The number of halogens is 1. The van der Waals surface area contributed by atoms with Crippen LogP contribution >= 0.6 is 11.6 Å². The Kier molecular flexibility index (Phi) is 5.48. The van der Waals surface area contributed by atoms with Gasteiger partial charge in [0, 0.05) is 11.4 Å². The Morgan fingerprint density at radius 3 is 2.43 bits per heavy atom. The maximum Gasteiger partial charge on any atom is 0.122 e. The van der Waals surface area contributed by atoms with E-state index in [0.29, 0.717) is 23.8 Å². The lowest BCUT2D eigenvalue weighted by Gasteiger charge is -2.10. The summed E-state index contributed by atoms with van der Waals surface area (Å²) in [6, 6.07) is 14.7. The molecule has 2 aromatic carbocycles. The van der Waals surface area contributed by atoms with Crippen molar-refractivity contribution >= 4 is 11.6 Å². The Balaban J connectivity index is 1.71. The van der Waals surface area contributed by atoms with E-state index in [1.54, 1.807) is 24.3 Å². The summed E-state index contributed by atoms with van der Waals surface area (Å²) in [7, 11) is 0. The van der Waals surface area contributed by atoms with Gasteiger partial charge in [-0.1, -0.05) is 11.6 Å². The van der Waals surface area contributed by atoms with Crippen LogP contribution < -0.4 is 9.47 Å². The van der Waals surface area contributed by atoms with E-state index >= 15 is 0 Å². The van der Waals surface area contributed by atoms with Crippen molar-refractivity contribution in [2.45, 2.75) is 13.3 Å². The maximum atomic E-state index is 8.71. The van der Waals surface area contributed by atoms with E-state index in [0.717, 1.165) is 23.5 Å². The zero-order valence-corrected chi connectivity index (χ0v) is 12.6. The van der Waals surface area contributed by atoms with E-state index in [1.165, 1.54) is 0 Å². The van der Waals surface area contributed by atoms with E-state index in [-0.39, 0.29) is 0 Å². The van der Waals surface area contributed by atoms with Crippen molar-refractivity contribution in [3.63, 3.8) is 0 Å². The Hall–Kier alpha value is -2.18. The second-order valence-electron chi connectivity index (χ2n) is 4.60. The van der Waals surface area contributed by atoms with Crippen LogP contribution in [0.25, 0.3) is 0 Å². The lowest BCUT2D eigenvalue weighted by Crippen LogP contribution is -2.05. The lowest BCUT2D eigenvalue weighted by atomic mass is 10.2. The van der Waals surface area contributed by atoms with Gasteiger partial charge in [0.2, 0.25) is 0 Å². The summed E-state index contributed by atoms with van der Waals surface area (Å²) < 4.78 is 11.3. The van der Waals surface area contributed by atoms with Gasteiger partial charge in [-0.25, -0.2) is 0 Å². The SMILES string of the molecule is Cc1cc(Cl)ccc1OCCCOc1ccc(C#N)cc1. The van der Waals surface area contributed by atoms with Crippen LogP contribution in [0.1, 0.15) is 17.5 Å². The molecule has 3 nitrogen and oxygen atoms in total. The smallest absolute Gasteiger partial charge is 0.122 e. The van der Waals surface area contributed by atoms with Crippen LogP contribution in [0.2, 0.25) is 5.02 Å². The molecule has 0 aromatic heterocycles. The van der Waals surface area contributed by atoms with E-state index in [1.807, 2.05) is 25.1 Å². The summed E-state index contributed by atoms with van der Waals surface area (Å²) in [5.74, 6) is 1.61. The first-order valence-electron chi connectivity index (χ1n) is 6.71. The Morgan fingerprint density at radius 2 is 1.76 bits per heavy atom. The first-order valence-corrected chi connectivity index (χ1v) is 7.09. The highest BCUT2D eigenvalue weighted by Gasteiger charge is 2.00. The Labute approximate surface area is 129 Å². The molecule has 0 aliphatic heterocycles. The highest BCUT2D eigenvalue weighted by molar-refractivity contribution is 6.30. The van der Waals surface area contributed by atoms with Crippen LogP contribution in [0, 0.1) is 18.3 Å². The zero-order valence-electron chi connectivity index (χ0n) is 11.8. The number of aryl methyl sites for hydroxylation is 1. The van der Waals surface area contributed by atoms with Crippen LogP contribution in [-0.2, 0) is 0 Å². The van der Waals surface area contributed by atoms with Gasteiger partial charge in [-0.2, -0.15) is 5.26 Å². The average Bonchev–Trinajstić information content (AvgIpc) is 2.49. The third-order valence-electron chi connectivity index (χ3n) is 2.94. The van der Waals surface area contributed by atoms with Crippen molar-refractivity contribution in [3.05, 3.63) is 58.6 Å². The minimum Gasteiger partial charge on any atom is -0.493 e. The standard InChI is InChI=1S/C17H16ClNO2/c1-13-11-15(18)5-8-17(13)21-10-2-9-20-16-6-3-14(12-19)4-7-16/h3-8,11H,2,9-10H2,1H3. The predicted molar refractivity (Wildman–Crippen MR) is 83.0 cm³/mol. The van der Waals surface area contributed by atoms with Crippen molar-refractivity contribution in [3.8, 4) is 17.6 Å². The number of ether oxygens (including phenoxy) is 2. The number of benzene rings is 2. The van der Waals surface area contributed by atoms with Gasteiger partial charge >= 0.3 is 0 Å². The Bertz CT molecular complexity index is 632. The van der Waals surface area contributed by atoms with Crippen LogP contribution in [-0.4, -0.2) is 13.2 Å². The van der Waals surface area contributed by atoms with Crippen molar-refractivity contribution in [1.82, 2.24) is 0 Å². The second-order valence-corrected chi connectivity index (χ2v) is 5.03. The molecule has 2 rings (SSSR count). The summed E-state index contributed by atoms with van der Waals surface area (Å²) in [5.41, 5.74) is 1.65. The van der Waals surface area contributed by atoms with Gasteiger partial charge in [0.15, 0.2) is 0 Å². The monoisotopic (exact) mass is 301 g/mol. The molecule has 0 bridgehead atoms. The summed E-state index contributed by atoms with van der Waals surface area (Å²) in [6.07, 6.45) is 0.780. The molecule has 0 saturated heterocycles. The highest BCUT2D eigenvalue weighted by atomic mass is 35.5. The molecule has 0 aliphatic carbocycles. The molecule has 0 heterocycles. The minimum atomic E-state index is 0.568. The zero-order chi connectivity index (χ0) is 15.1. The van der Waals surface area contributed by atoms with Gasteiger partial charge in [0.1, 0.15) is 11.5 Å². The third-order valence-corrected chi connectivity index (χ3v) is 3.17. The fourth-order valence-electron chi connectivity index (χ4n) is 1.83. The van der Waals surface area contributed by atoms with E-state index in [4.69, 9.17) is 26.3 Å². The predicted octanol–water partition coefficient (Wildman–Crippen LogP) is 4.37. The topological polar surface area (TPSA) is 42.2 Å². The van der Waals surface area contributed by atoms with Gasteiger partial charge in [-0.05, 0) is 55.0 Å². The summed E-state index contributed by atoms with van der Waals surface area (Å²) in [4.78, 5) is 0. The third kappa shape index (κ3) is 4.70. The fourth-order valence-corrected chi connectivity index (χ4v) is 2.06. The Morgan fingerprint density at radius 1 is 1.05 bits per heavy atom. The van der Waals surface area contributed by atoms with Crippen molar-refractivity contribution in [2.24, 2.45) is 0 Å². The van der Waals surface area contributed by atoms with Crippen LogP contribution in [0.3, 0.4) is 0 Å². The molecule has 0 amide bonds. The molecule has 108 valence electrons. The summed E-state index contributed by atoms with van der Waals surface area (Å²) in [6.45, 7) is 3.12. The maximum absolute atomic E-state index is 8.71. The first-order chi connectivity index (χ1) is 10.2. The molecular weight excluding hydrogens is 286 g/mol. The van der Waals surface area contributed by atoms with Gasteiger partial charge in [0.25, 0.3) is 0 Å². The molecule has 0 N–H and O–H groups in total. The lowest BCUT2D eigenvalue weighted by molar-refractivity contribution is 0.246. The van der Waals surface area contributed by atoms with E-state index in [9.17, 15) is 0 Å². The first kappa shape index (κ1) is 15.2. The summed E-state index contributed by atoms with van der Waals surface area (Å²) >= 11 is 5.89. The number of rotatable bonds is 6. The van der Waals surface area contributed by atoms with Crippen LogP contribution in [0.5, 0.6) is 11.5 Å². The average molecular weight is 302 g/mol. The van der Waals surface area contributed by atoms with Gasteiger partial charge in [0.05, 0.1) is 24.8 Å². The van der Waals surface area contributed by atoms with Crippen molar-refractivity contribution in [2.75, 3.05) is 13.2 Å². The molecule has 0 unspecified atom stereocenters. The number of hydrogen-bond acceptors (Lipinski definition) is 3. The number of nitriles is 1. The molecule has 0 atom stereocenters. The molecule has 0 saturated carbocycles.